The third-order valence-electron chi connectivity index (χ3n) is 5.16. The highest BCUT2D eigenvalue weighted by Crippen LogP contribution is 2.25. The number of hydrogen-bond acceptors (Lipinski definition) is 5. The van der Waals surface area contributed by atoms with E-state index in [4.69, 9.17) is 28.9 Å². The van der Waals surface area contributed by atoms with E-state index in [1.807, 2.05) is 48.5 Å². The molecule has 3 N–H and O–H groups in total. The lowest BCUT2D eigenvalue weighted by molar-refractivity contribution is 0.324. The van der Waals surface area contributed by atoms with Crippen molar-refractivity contribution in [2.45, 2.75) is 6.04 Å². The minimum Gasteiger partial charge on any atom is -0.383 e. The number of hydrogen-bond donors (Lipinski definition) is 2. The Hall–Kier alpha value is -2.44. The van der Waals surface area contributed by atoms with Crippen molar-refractivity contribution in [3.8, 4) is 0 Å². The molecule has 2 aromatic carbocycles. The Morgan fingerprint density at radius 3 is 2.30 bits per heavy atom. The van der Waals surface area contributed by atoms with Crippen LogP contribution in [0, 0.1) is 0 Å². The Labute approximate surface area is 185 Å². The molecule has 0 fully saturated rings. The summed E-state index contributed by atoms with van der Waals surface area (Å²) in [7, 11) is 2.08. The second kappa shape index (κ2) is 9.14. The molecule has 0 saturated heterocycles. The van der Waals surface area contributed by atoms with Crippen LogP contribution >= 0.6 is 23.2 Å². The molecule has 4 rings (SSSR count). The molecule has 30 heavy (non-hydrogen) atoms. The first kappa shape index (κ1) is 20.8. The Morgan fingerprint density at radius 2 is 1.57 bits per heavy atom. The number of benzene rings is 2. The normalized spacial score (nSPS) is 12.6. The molecule has 5 nitrogen and oxygen atoms in total. The van der Waals surface area contributed by atoms with Crippen LogP contribution in [0.4, 0.5) is 5.69 Å². The Bertz CT molecular complexity index is 1180. The largest absolute Gasteiger partial charge is 0.383 e. The quantitative estimate of drug-likeness (QED) is 0.417. The molecule has 2 heterocycles. The fourth-order valence-electron chi connectivity index (χ4n) is 3.65. The third kappa shape index (κ3) is 4.65. The summed E-state index contributed by atoms with van der Waals surface area (Å²) in [5, 5.41) is 6.96. The van der Waals surface area contributed by atoms with Gasteiger partial charge in [-0.15, -0.1) is 0 Å². The SMILES string of the molecule is CN(CCNc1ccnc2cc(Cl)ccc12)CC(N)c1ccnc2cc(Cl)ccc12. The van der Waals surface area contributed by atoms with E-state index < -0.39 is 0 Å². The molecule has 4 aromatic rings. The lowest BCUT2D eigenvalue weighted by atomic mass is 10.0. The van der Waals surface area contributed by atoms with Crippen LogP contribution in [0.25, 0.3) is 21.8 Å². The summed E-state index contributed by atoms with van der Waals surface area (Å²) in [6.07, 6.45) is 3.58. The zero-order valence-corrected chi connectivity index (χ0v) is 18.2. The minimum absolute atomic E-state index is 0.120. The van der Waals surface area contributed by atoms with E-state index in [1.54, 1.807) is 12.4 Å². The van der Waals surface area contributed by atoms with Crippen LogP contribution in [-0.4, -0.2) is 41.5 Å². The highest BCUT2D eigenvalue weighted by atomic mass is 35.5. The molecule has 0 spiro atoms. The number of fused-ring (bicyclic) bond motifs is 2. The average Bonchev–Trinajstić information content (AvgIpc) is 2.72. The molecule has 0 aliphatic rings. The third-order valence-corrected chi connectivity index (χ3v) is 5.63. The summed E-state index contributed by atoms with van der Waals surface area (Å²) in [4.78, 5) is 11.0. The molecular weight excluding hydrogens is 417 g/mol. The van der Waals surface area contributed by atoms with Crippen molar-refractivity contribution in [1.29, 1.82) is 0 Å². The van der Waals surface area contributed by atoms with Gasteiger partial charge in [0, 0.05) is 64.6 Å². The lowest BCUT2D eigenvalue weighted by Crippen LogP contribution is -2.32. The monoisotopic (exact) mass is 439 g/mol. The molecule has 154 valence electrons. The highest BCUT2D eigenvalue weighted by molar-refractivity contribution is 6.31. The van der Waals surface area contributed by atoms with Crippen molar-refractivity contribution in [1.82, 2.24) is 14.9 Å². The van der Waals surface area contributed by atoms with E-state index in [-0.39, 0.29) is 6.04 Å². The van der Waals surface area contributed by atoms with Gasteiger partial charge >= 0.3 is 0 Å². The summed E-state index contributed by atoms with van der Waals surface area (Å²) < 4.78 is 0. The van der Waals surface area contributed by atoms with Crippen LogP contribution < -0.4 is 11.1 Å². The molecule has 1 atom stereocenters. The second-order valence-corrected chi connectivity index (χ2v) is 8.25. The summed E-state index contributed by atoms with van der Waals surface area (Å²) in [6.45, 7) is 2.37. The second-order valence-electron chi connectivity index (χ2n) is 7.38. The van der Waals surface area contributed by atoms with E-state index in [0.29, 0.717) is 10.0 Å². The minimum atomic E-state index is -0.120. The number of nitrogens with zero attached hydrogens (tertiary/aromatic N) is 3. The molecule has 2 aromatic heterocycles. The number of pyridine rings is 2. The smallest absolute Gasteiger partial charge is 0.0737 e. The van der Waals surface area contributed by atoms with Crippen LogP contribution in [0.3, 0.4) is 0 Å². The predicted molar refractivity (Wildman–Crippen MR) is 126 cm³/mol. The van der Waals surface area contributed by atoms with Crippen molar-refractivity contribution < 1.29 is 0 Å². The summed E-state index contributed by atoms with van der Waals surface area (Å²) in [5.74, 6) is 0. The molecule has 0 amide bonds. The fourth-order valence-corrected chi connectivity index (χ4v) is 3.98. The van der Waals surface area contributed by atoms with Crippen LogP contribution in [0.15, 0.2) is 60.9 Å². The number of halogens is 2. The van der Waals surface area contributed by atoms with Crippen molar-refractivity contribution in [3.63, 3.8) is 0 Å². The maximum Gasteiger partial charge on any atom is 0.0737 e. The molecule has 7 heteroatoms. The van der Waals surface area contributed by atoms with Gasteiger partial charge in [-0.25, -0.2) is 0 Å². The number of likely N-dealkylation sites (N-methyl/N-ethyl adjacent to an activating group) is 1. The molecule has 0 saturated carbocycles. The first-order valence-corrected chi connectivity index (χ1v) is 10.5. The van der Waals surface area contributed by atoms with E-state index in [2.05, 4.69) is 27.2 Å². The molecule has 0 radical (unpaired) electrons. The Balaban J connectivity index is 1.38. The van der Waals surface area contributed by atoms with E-state index in [0.717, 1.165) is 52.7 Å². The topological polar surface area (TPSA) is 67.1 Å². The number of aromatic nitrogens is 2. The standard InChI is InChI=1S/C23H23Cl2N5/c1-30(11-10-29-21-7-9-28-23-13-16(25)3-5-19(21)23)14-20(26)17-6-8-27-22-12-15(24)2-4-18(17)22/h2-9,12-13,20H,10-11,14,26H2,1H3,(H,28,29). The average molecular weight is 440 g/mol. The van der Waals surface area contributed by atoms with Crippen molar-refractivity contribution in [2.24, 2.45) is 5.73 Å². The van der Waals surface area contributed by atoms with Gasteiger partial charge in [0.2, 0.25) is 0 Å². The molecule has 0 aliphatic carbocycles. The Kier molecular flexibility index (Phi) is 6.35. The van der Waals surface area contributed by atoms with E-state index in [1.165, 1.54) is 0 Å². The van der Waals surface area contributed by atoms with Gasteiger partial charge in [-0.2, -0.15) is 0 Å². The first-order valence-electron chi connectivity index (χ1n) is 9.78. The van der Waals surface area contributed by atoms with Gasteiger partial charge in [0.15, 0.2) is 0 Å². The van der Waals surface area contributed by atoms with Gasteiger partial charge in [-0.3, -0.25) is 9.97 Å². The predicted octanol–water partition coefficient (Wildman–Crippen LogP) is 5.13. The maximum absolute atomic E-state index is 6.53. The van der Waals surface area contributed by atoms with E-state index in [9.17, 15) is 0 Å². The van der Waals surface area contributed by atoms with Gasteiger partial charge in [0.25, 0.3) is 0 Å². The zero-order chi connectivity index (χ0) is 21.1. The summed E-state index contributed by atoms with van der Waals surface area (Å²) in [6, 6.07) is 15.3. The van der Waals surface area contributed by atoms with Crippen LogP contribution in [0.5, 0.6) is 0 Å². The van der Waals surface area contributed by atoms with Gasteiger partial charge in [-0.05, 0) is 55.1 Å². The highest BCUT2D eigenvalue weighted by Gasteiger charge is 2.13. The van der Waals surface area contributed by atoms with Crippen molar-refractivity contribution in [3.05, 3.63) is 76.5 Å². The number of rotatable bonds is 7. The van der Waals surface area contributed by atoms with E-state index >= 15 is 0 Å². The fraction of sp³-hybridized carbons (Fsp3) is 0.217. The summed E-state index contributed by atoms with van der Waals surface area (Å²) in [5.41, 5.74) is 10.4. The lowest BCUT2D eigenvalue weighted by Gasteiger charge is -2.23. The van der Waals surface area contributed by atoms with Gasteiger partial charge in [0.1, 0.15) is 0 Å². The molecule has 0 bridgehead atoms. The summed E-state index contributed by atoms with van der Waals surface area (Å²) >= 11 is 12.2. The van der Waals surface area contributed by atoms with Crippen molar-refractivity contribution >= 4 is 50.7 Å². The Morgan fingerprint density at radius 1 is 0.933 bits per heavy atom. The van der Waals surface area contributed by atoms with Crippen molar-refractivity contribution in [2.75, 3.05) is 32.0 Å². The molecule has 1 unspecified atom stereocenters. The van der Waals surface area contributed by atoms with Crippen LogP contribution in [0.1, 0.15) is 11.6 Å². The van der Waals surface area contributed by atoms with Crippen LogP contribution in [-0.2, 0) is 0 Å². The first-order chi connectivity index (χ1) is 14.5. The number of nitrogens with two attached hydrogens (primary N) is 1. The molecule has 0 aliphatic heterocycles. The maximum atomic E-state index is 6.53. The number of nitrogens with one attached hydrogen (secondary N) is 1. The number of anilines is 1. The van der Waals surface area contributed by atoms with Gasteiger partial charge in [0.05, 0.1) is 11.0 Å². The van der Waals surface area contributed by atoms with Gasteiger partial charge in [-0.1, -0.05) is 29.3 Å². The molecular formula is C23H23Cl2N5. The zero-order valence-electron chi connectivity index (χ0n) is 16.6. The van der Waals surface area contributed by atoms with Gasteiger partial charge < -0.3 is 16.0 Å². The van der Waals surface area contributed by atoms with Crippen LogP contribution in [0.2, 0.25) is 10.0 Å².